The van der Waals surface area contributed by atoms with Gasteiger partial charge in [0.25, 0.3) is 0 Å². The van der Waals surface area contributed by atoms with E-state index in [9.17, 15) is 9.59 Å². The molecule has 0 fully saturated rings. The van der Waals surface area contributed by atoms with Crippen LogP contribution in [0.5, 0.6) is 0 Å². The summed E-state index contributed by atoms with van der Waals surface area (Å²) in [6.07, 6.45) is 2.72. The van der Waals surface area contributed by atoms with E-state index in [2.05, 4.69) is 5.32 Å². The average molecular weight is 411 g/mol. The normalized spacial score (nSPS) is 11.6. The second-order valence-electron chi connectivity index (χ2n) is 7.22. The minimum Gasteiger partial charge on any atom is -0.426 e. The smallest absolute Gasteiger partial charge is 0.426 e. The Bertz CT molecular complexity index is 774. The number of carbonyl (C=O) groups is 2. The summed E-state index contributed by atoms with van der Waals surface area (Å²) >= 11 is 0. The maximum atomic E-state index is 12.9. The standard InChI is InChI=1S/C22H30BN3O4/c24-20(23(29)30)13-7-8-16-25-21(27)17-26(19-11-5-2-6-12-19)22(28)15-14-18-9-3-1-4-10-18/h1-6,9-12,20,29-30H,7-8,13-17,24H2,(H,25,27). The summed E-state index contributed by atoms with van der Waals surface area (Å²) in [5, 5.41) is 20.7. The molecule has 7 nitrogen and oxygen atoms in total. The van der Waals surface area contributed by atoms with Crippen molar-refractivity contribution in [2.75, 3.05) is 18.0 Å². The summed E-state index contributed by atoms with van der Waals surface area (Å²) in [7, 11) is -1.53. The lowest BCUT2D eigenvalue weighted by atomic mass is 9.77. The molecule has 0 radical (unpaired) electrons. The van der Waals surface area contributed by atoms with Crippen molar-refractivity contribution in [3.63, 3.8) is 0 Å². The number of anilines is 1. The average Bonchev–Trinajstić information content (AvgIpc) is 2.76. The molecule has 0 spiro atoms. The van der Waals surface area contributed by atoms with Crippen LogP contribution in [-0.4, -0.2) is 48.0 Å². The van der Waals surface area contributed by atoms with E-state index in [1.165, 1.54) is 4.90 Å². The molecule has 2 aromatic rings. The third kappa shape index (κ3) is 8.36. The van der Waals surface area contributed by atoms with Gasteiger partial charge >= 0.3 is 7.12 Å². The third-order valence-corrected chi connectivity index (χ3v) is 4.81. The molecule has 30 heavy (non-hydrogen) atoms. The number of amides is 2. The van der Waals surface area contributed by atoms with Crippen LogP contribution in [0.3, 0.4) is 0 Å². The van der Waals surface area contributed by atoms with Crippen molar-refractivity contribution in [2.24, 2.45) is 5.73 Å². The third-order valence-electron chi connectivity index (χ3n) is 4.81. The summed E-state index contributed by atoms with van der Waals surface area (Å²) in [6, 6.07) is 18.9. The molecule has 0 aliphatic rings. The van der Waals surface area contributed by atoms with Gasteiger partial charge in [-0.05, 0) is 37.0 Å². The number of aryl methyl sites for hydroxylation is 1. The lowest BCUT2D eigenvalue weighted by Gasteiger charge is -2.22. The first-order valence-corrected chi connectivity index (χ1v) is 10.2. The number of nitrogens with zero attached hydrogens (tertiary/aromatic N) is 1. The van der Waals surface area contributed by atoms with E-state index in [1.54, 1.807) is 0 Å². The molecule has 0 aromatic heterocycles. The van der Waals surface area contributed by atoms with E-state index >= 15 is 0 Å². The molecule has 5 N–H and O–H groups in total. The van der Waals surface area contributed by atoms with Crippen molar-refractivity contribution in [3.05, 3.63) is 66.2 Å². The monoisotopic (exact) mass is 411 g/mol. The fourth-order valence-corrected chi connectivity index (χ4v) is 3.04. The van der Waals surface area contributed by atoms with Gasteiger partial charge in [-0.2, -0.15) is 0 Å². The molecule has 160 valence electrons. The van der Waals surface area contributed by atoms with E-state index in [1.807, 2.05) is 60.7 Å². The van der Waals surface area contributed by atoms with Crippen LogP contribution in [-0.2, 0) is 16.0 Å². The number of para-hydroxylation sites is 1. The zero-order valence-electron chi connectivity index (χ0n) is 17.1. The van der Waals surface area contributed by atoms with Gasteiger partial charge in [0.2, 0.25) is 11.8 Å². The van der Waals surface area contributed by atoms with Crippen molar-refractivity contribution in [3.8, 4) is 0 Å². The first-order chi connectivity index (χ1) is 14.5. The van der Waals surface area contributed by atoms with Crippen LogP contribution in [0.2, 0.25) is 0 Å². The van der Waals surface area contributed by atoms with Gasteiger partial charge in [-0.25, -0.2) is 0 Å². The number of nitrogens with one attached hydrogen (secondary N) is 1. The fraction of sp³-hybridized carbons (Fsp3) is 0.364. The predicted molar refractivity (Wildman–Crippen MR) is 119 cm³/mol. The Morgan fingerprint density at radius 2 is 1.63 bits per heavy atom. The number of hydrogen-bond acceptors (Lipinski definition) is 5. The maximum absolute atomic E-state index is 12.9. The first kappa shape index (κ1) is 23.6. The van der Waals surface area contributed by atoms with Gasteiger partial charge in [-0.15, -0.1) is 0 Å². The molecule has 0 heterocycles. The molecule has 1 atom stereocenters. The first-order valence-electron chi connectivity index (χ1n) is 10.2. The van der Waals surface area contributed by atoms with E-state index in [4.69, 9.17) is 15.8 Å². The molecule has 0 aliphatic carbocycles. The number of carbonyl (C=O) groups excluding carboxylic acids is 2. The predicted octanol–water partition coefficient (Wildman–Crippen LogP) is 1.28. The van der Waals surface area contributed by atoms with Crippen molar-refractivity contribution in [1.82, 2.24) is 5.32 Å². The Morgan fingerprint density at radius 1 is 1.00 bits per heavy atom. The highest BCUT2D eigenvalue weighted by molar-refractivity contribution is 6.43. The summed E-state index contributed by atoms with van der Waals surface area (Å²) < 4.78 is 0. The molecular formula is C22H30BN3O4. The topological polar surface area (TPSA) is 116 Å². The highest BCUT2D eigenvalue weighted by Gasteiger charge is 2.19. The van der Waals surface area contributed by atoms with Crippen LogP contribution < -0.4 is 16.0 Å². The van der Waals surface area contributed by atoms with Gasteiger partial charge in [0.05, 0.1) is 0 Å². The second kappa shape index (κ2) is 12.8. The Labute approximate surface area is 178 Å². The van der Waals surface area contributed by atoms with E-state index in [0.29, 0.717) is 44.3 Å². The van der Waals surface area contributed by atoms with Gasteiger partial charge in [0, 0.05) is 24.6 Å². The molecule has 2 rings (SSSR count). The molecule has 0 saturated carbocycles. The van der Waals surface area contributed by atoms with Crippen LogP contribution in [0.15, 0.2) is 60.7 Å². The molecule has 8 heteroatoms. The van der Waals surface area contributed by atoms with Crippen molar-refractivity contribution < 1.29 is 19.6 Å². The lowest BCUT2D eigenvalue weighted by Crippen LogP contribution is -2.41. The summed E-state index contributed by atoms with van der Waals surface area (Å²) in [5.74, 6) is -1.03. The van der Waals surface area contributed by atoms with Crippen molar-refractivity contribution >= 4 is 24.6 Å². The fourth-order valence-electron chi connectivity index (χ4n) is 3.04. The summed E-state index contributed by atoms with van der Waals surface area (Å²) in [5.41, 5.74) is 7.33. The highest BCUT2D eigenvalue weighted by Crippen LogP contribution is 2.15. The Morgan fingerprint density at radius 3 is 2.27 bits per heavy atom. The minimum absolute atomic E-state index is 0.0491. The summed E-state index contributed by atoms with van der Waals surface area (Å²) in [4.78, 5) is 26.8. The quantitative estimate of drug-likeness (QED) is 0.310. The van der Waals surface area contributed by atoms with Crippen molar-refractivity contribution in [2.45, 2.75) is 38.0 Å². The van der Waals surface area contributed by atoms with Gasteiger partial charge in [-0.1, -0.05) is 55.0 Å². The number of hydrogen-bond donors (Lipinski definition) is 4. The number of unbranched alkanes of at least 4 members (excludes halogenated alkanes) is 1. The van der Waals surface area contributed by atoms with E-state index < -0.39 is 13.1 Å². The lowest BCUT2D eigenvalue weighted by molar-refractivity contribution is -0.123. The van der Waals surface area contributed by atoms with Gasteiger partial charge in [0.1, 0.15) is 6.54 Å². The molecular weight excluding hydrogens is 381 g/mol. The van der Waals surface area contributed by atoms with Gasteiger partial charge in [-0.3, -0.25) is 9.59 Å². The second-order valence-corrected chi connectivity index (χ2v) is 7.22. The SMILES string of the molecule is NC(CCCCNC(=O)CN(C(=O)CCc1ccccc1)c1ccccc1)B(O)O. The molecule has 0 aliphatic heterocycles. The number of benzene rings is 2. The van der Waals surface area contributed by atoms with Gasteiger partial charge < -0.3 is 26.0 Å². The van der Waals surface area contributed by atoms with Crippen molar-refractivity contribution in [1.29, 1.82) is 0 Å². The van der Waals surface area contributed by atoms with Crippen LogP contribution in [0.4, 0.5) is 5.69 Å². The maximum Gasteiger partial charge on any atom is 0.469 e. The zero-order chi connectivity index (χ0) is 21.8. The molecule has 0 saturated heterocycles. The Hall–Kier alpha value is -2.68. The molecule has 1 unspecified atom stereocenters. The largest absolute Gasteiger partial charge is 0.469 e. The molecule has 2 amide bonds. The minimum atomic E-state index is -1.53. The van der Waals surface area contributed by atoms with Gasteiger partial charge in [0.15, 0.2) is 0 Å². The Kier molecular flexibility index (Phi) is 10.1. The highest BCUT2D eigenvalue weighted by atomic mass is 16.4. The van der Waals surface area contributed by atoms with Crippen LogP contribution in [0.1, 0.15) is 31.2 Å². The number of nitrogens with two attached hydrogens (primary N) is 1. The van der Waals surface area contributed by atoms with Crippen LogP contribution >= 0.6 is 0 Å². The number of rotatable bonds is 12. The zero-order valence-corrected chi connectivity index (χ0v) is 17.1. The van der Waals surface area contributed by atoms with Crippen LogP contribution in [0, 0.1) is 0 Å². The van der Waals surface area contributed by atoms with Crippen LogP contribution in [0.25, 0.3) is 0 Å². The molecule has 2 aromatic carbocycles. The Balaban J connectivity index is 1.85. The van der Waals surface area contributed by atoms with E-state index in [0.717, 1.165) is 5.56 Å². The molecule has 0 bridgehead atoms. The van der Waals surface area contributed by atoms with E-state index in [-0.39, 0.29) is 18.4 Å². The summed E-state index contributed by atoms with van der Waals surface area (Å²) in [6.45, 7) is 0.389.